The van der Waals surface area contributed by atoms with Gasteiger partial charge in [-0.1, -0.05) is 86.6 Å². The third-order valence-corrected chi connectivity index (χ3v) is 6.69. The molecule has 3 nitrogen and oxygen atoms in total. The Kier molecular flexibility index (Phi) is 6.64. The number of hydrogen-bond acceptors (Lipinski definition) is 3. The molecule has 0 aliphatic carbocycles. The van der Waals surface area contributed by atoms with E-state index in [1.54, 1.807) is 0 Å². The van der Waals surface area contributed by atoms with Gasteiger partial charge in [-0.15, -0.1) is 0 Å². The fourth-order valence-corrected chi connectivity index (χ4v) is 4.20. The minimum atomic E-state index is 0.0313. The first-order valence-corrected chi connectivity index (χ1v) is 12.8. The molecule has 0 bridgehead atoms. The SMILES string of the molecule is CC(C)(C)c1ccc(-c2cc(-c3cc(C(C)(C)C)ccn3)nc(-c3cc(C(C)(C)C)ccn3)c2)cc1. The second-order valence-corrected chi connectivity index (χ2v) is 12.8. The van der Waals surface area contributed by atoms with Crippen LogP contribution in [-0.2, 0) is 16.2 Å². The Balaban J connectivity index is 1.90. The molecule has 0 saturated carbocycles. The van der Waals surface area contributed by atoms with Crippen molar-refractivity contribution in [2.75, 3.05) is 0 Å². The molecular formula is C33H39N3. The Labute approximate surface area is 217 Å². The lowest BCUT2D eigenvalue weighted by molar-refractivity contribution is 0.589. The first kappa shape index (κ1) is 25.8. The quantitative estimate of drug-likeness (QED) is 0.296. The molecule has 1 aromatic carbocycles. The van der Waals surface area contributed by atoms with Crippen molar-refractivity contribution in [1.29, 1.82) is 0 Å². The molecular weight excluding hydrogens is 438 g/mol. The summed E-state index contributed by atoms with van der Waals surface area (Å²) in [4.78, 5) is 14.5. The summed E-state index contributed by atoms with van der Waals surface area (Å²) < 4.78 is 0. The molecule has 0 aliphatic heterocycles. The molecule has 3 heteroatoms. The highest BCUT2D eigenvalue weighted by Gasteiger charge is 2.19. The van der Waals surface area contributed by atoms with E-state index in [1.165, 1.54) is 16.7 Å². The average Bonchev–Trinajstić information content (AvgIpc) is 2.82. The van der Waals surface area contributed by atoms with Crippen LogP contribution in [0.1, 0.15) is 79.0 Å². The highest BCUT2D eigenvalue weighted by Crippen LogP contribution is 2.33. The van der Waals surface area contributed by atoms with E-state index in [1.807, 2.05) is 12.4 Å². The van der Waals surface area contributed by atoms with Crippen molar-refractivity contribution in [2.45, 2.75) is 78.6 Å². The molecule has 0 radical (unpaired) electrons. The Morgan fingerprint density at radius 2 is 0.833 bits per heavy atom. The molecule has 3 heterocycles. The van der Waals surface area contributed by atoms with Crippen LogP contribution in [0.15, 0.2) is 73.1 Å². The zero-order chi connectivity index (χ0) is 26.3. The van der Waals surface area contributed by atoms with Crippen molar-refractivity contribution in [3.05, 3.63) is 89.7 Å². The van der Waals surface area contributed by atoms with Crippen LogP contribution in [0, 0.1) is 0 Å². The summed E-state index contributed by atoms with van der Waals surface area (Å²) in [6.07, 6.45) is 3.78. The number of aromatic nitrogens is 3. The molecule has 0 aliphatic rings. The van der Waals surface area contributed by atoms with Gasteiger partial charge in [0.15, 0.2) is 0 Å². The number of hydrogen-bond donors (Lipinski definition) is 0. The van der Waals surface area contributed by atoms with Crippen molar-refractivity contribution in [3.63, 3.8) is 0 Å². The summed E-state index contributed by atoms with van der Waals surface area (Å²) >= 11 is 0. The second kappa shape index (κ2) is 9.28. The van der Waals surface area contributed by atoms with Crippen LogP contribution in [0.3, 0.4) is 0 Å². The zero-order valence-corrected chi connectivity index (χ0v) is 23.3. The average molecular weight is 478 g/mol. The van der Waals surface area contributed by atoms with Gasteiger partial charge in [0.1, 0.15) is 0 Å². The second-order valence-electron chi connectivity index (χ2n) is 12.8. The number of nitrogens with zero attached hydrogens (tertiary/aromatic N) is 3. The van der Waals surface area contributed by atoms with Gasteiger partial charge in [0.05, 0.1) is 22.8 Å². The molecule has 0 amide bonds. The van der Waals surface area contributed by atoms with E-state index in [2.05, 4.69) is 123 Å². The van der Waals surface area contributed by atoms with Crippen LogP contribution in [0.5, 0.6) is 0 Å². The Bertz CT molecular complexity index is 1290. The Morgan fingerprint density at radius 3 is 1.22 bits per heavy atom. The van der Waals surface area contributed by atoms with Gasteiger partial charge in [0.25, 0.3) is 0 Å². The van der Waals surface area contributed by atoms with Gasteiger partial charge < -0.3 is 0 Å². The van der Waals surface area contributed by atoms with E-state index >= 15 is 0 Å². The third kappa shape index (κ3) is 5.73. The van der Waals surface area contributed by atoms with Crippen LogP contribution in [-0.4, -0.2) is 15.0 Å². The summed E-state index contributed by atoms with van der Waals surface area (Å²) in [5, 5.41) is 0. The zero-order valence-electron chi connectivity index (χ0n) is 23.3. The van der Waals surface area contributed by atoms with Gasteiger partial charge in [-0.2, -0.15) is 0 Å². The summed E-state index contributed by atoms with van der Waals surface area (Å²) in [7, 11) is 0. The summed E-state index contributed by atoms with van der Waals surface area (Å²) in [6.45, 7) is 20.1. The first-order chi connectivity index (χ1) is 16.7. The van der Waals surface area contributed by atoms with Crippen molar-refractivity contribution in [2.24, 2.45) is 0 Å². The lowest BCUT2D eigenvalue weighted by Gasteiger charge is -2.20. The van der Waals surface area contributed by atoms with Gasteiger partial charge in [-0.05, 0) is 80.5 Å². The van der Waals surface area contributed by atoms with Gasteiger partial charge in [-0.25, -0.2) is 4.98 Å². The van der Waals surface area contributed by atoms with E-state index in [0.29, 0.717) is 0 Å². The van der Waals surface area contributed by atoms with Gasteiger partial charge >= 0.3 is 0 Å². The van der Waals surface area contributed by atoms with E-state index in [0.717, 1.165) is 33.9 Å². The smallest absolute Gasteiger partial charge is 0.0900 e. The minimum Gasteiger partial charge on any atom is -0.255 e. The molecule has 0 fully saturated rings. The summed E-state index contributed by atoms with van der Waals surface area (Å²) in [5.41, 5.74) is 9.72. The number of pyridine rings is 3. The van der Waals surface area contributed by atoms with Crippen molar-refractivity contribution < 1.29 is 0 Å². The van der Waals surface area contributed by atoms with E-state index in [4.69, 9.17) is 15.0 Å². The molecule has 186 valence electrons. The summed E-state index contributed by atoms with van der Waals surface area (Å²) in [6, 6.07) is 21.7. The van der Waals surface area contributed by atoms with E-state index in [-0.39, 0.29) is 16.2 Å². The van der Waals surface area contributed by atoms with Crippen LogP contribution >= 0.6 is 0 Å². The van der Waals surface area contributed by atoms with Crippen LogP contribution in [0.2, 0.25) is 0 Å². The van der Waals surface area contributed by atoms with Crippen molar-refractivity contribution in [1.82, 2.24) is 15.0 Å². The largest absolute Gasteiger partial charge is 0.255 e. The molecule has 0 N–H and O–H groups in total. The van der Waals surface area contributed by atoms with Crippen LogP contribution in [0.25, 0.3) is 33.9 Å². The predicted molar refractivity (Wildman–Crippen MR) is 152 cm³/mol. The Morgan fingerprint density at radius 1 is 0.417 bits per heavy atom. The molecule has 4 rings (SSSR count). The highest BCUT2D eigenvalue weighted by atomic mass is 14.8. The number of benzene rings is 1. The standard InChI is InChI=1S/C33H39N3/c1-31(2,3)24-12-10-22(11-13-24)23-18-29(27-20-25(14-16-34-27)32(4,5)6)36-30(19-23)28-21-26(15-17-35-28)33(7,8)9/h10-21H,1-9H3. The van der Waals surface area contributed by atoms with Gasteiger partial charge in [0, 0.05) is 12.4 Å². The van der Waals surface area contributed by atoms with E-state index < -0.39 is 0 Å². The first-order valence-electron chi connectivity index (χ1n) is 12.8. The predicted octanol–water partition coefficient (Wildman–Crippen LogP) is 8.77. The maximum Gasteiger partial charge on any atom is 0.0900 e. The fraction of sp³-hybridized carbons (Fsp3) is 0.364. The fourth-order valence-electron chi connectivity index (χ4n) is 4.20. The molecule has 3 aromatic heterocycles. The molecule has 0 spiro atoms. The summed E-state index contributed by atoms with van der Waals surface area (Å²) in [5.74, 6) is 0. The lowest BCUT2D eigenvalue weighted by Crippen LogP contribution is -2.11. The highest BCUT2D eigenvalue weighted by molar-refractivity contribution is 5.75. The van der Waals surface area contributed by atoms with Crippen LogP contribution in [0.4, 0.5) is 0 Å². The minimum absolute atomic E-state index is 0.0313. The monoisotopic (exact) mass is 477 g/mol. The van der Waals surface area contributed by atoms with Gasteiger partial charge in [0.2, 0.25) is 0 Å². The molecule has 4 aromatic rings. The van der Waals surface area contributed by atoms with Crippen molar-refractivity contribution in [3.8, 4) is 33.9 Å². The van der Waals surface area contributed by atoms with Crippen LogP contribution < -0.4 is 0 Å². The maximum absolute atomic E-state index is 5.08. The molecule has 0 saturated heterocycles. The van der Waals surface area contributed by atoms with Crippen molar-refractivity contribution >= 4 is 0 Å². The Hall–Kier alpha value is -3.33. The third-order valence-electron chi connectivity index (χ3n) is 6.69. The lowest BCUT2D eigenvalue weighted by atomic mass is 9.86. The molecule has 0 unspecified atom stereocenters. The number of rotatable bonds is 3. The van der Waals surface area contributed by atoms with E-state index in [9.17, 15) is 0 Å². The van der Waals surface area contributed by atoms with Gasteiger partial charge in [-0.3, -0.25) is 9.97 Å². The molecule has 0 atom stereocenters. The molecule has 36 heavy (non-hydrogen) atoms. The maximum atomic E-state index is 5.08. The topological polar surface area (TPSA) is 38.7 Å². The normalized spacial score (nSPS) is 12.6.